The summed E-state index contributed by atoms with van der Waals surface area (Å²) in [5.41, 5.74) is 2.05. The second-order valence-corrected chi connectivity index (χ2v) is 4.59. The average Bonchev–Trinajstić information content (AvgIpc) is 2.82. The minimum Gasteiger partial charge on any atom is -0.455 e. The Labute approximate surface area is 111 Å². The van der Waals surface area contributed by atoms with Gasteiger partial charge in [-0.2, -0.15) is 0 Å². The van der Waals surface area contributed by atoms with Gasteiger partial charge in [-0.1, -0.05) is 23.7 Å². The van der Waals surface area contributed by atoms with Crippen LogP contribution in [0.1, 0.15) is 11.3 Å². The van der Waals surface area contributed by atoms with Gasteiger partial charge in [0.15, 0.2) is 5.76 Å². The molecule has 0 saturated heterocycles. The van der Waals surface area contributed by atoms with E-state index in [4.69, 9.17) is 21.1 Å². The second kappa shape index (κ2) is 6.05. The van der Waals surface area contributed by atoms with E-state index in [0.717, 1.165) is 34.2 Å². The number of hydrogen-bond acceptors (Lipinski definition) is 2. The van der Waals surface area contributed by atoms with Crippen molar-refractivity contribution in [3.05, 3.63) is 46.7 Å². The summed E-state index contributed by atoms with van der Waals surface area (Å²) < 4.78 is 5.78. The molecule has 0 atom stereocenters. The Morgan fingerprint density at radius 3 is 2.89 bits per heavy atom. The molecule has 0 bridgehead atoms. The number of nitrogens with two attached hydrogens (primary N) is 1. The van der Waals surface area contributed by atoms with Crippen LogP contribution in [-0.2, 0) is 6.54 Å². The molecule has 0 spiro atoms. The molecule has 1 aromatic heterocycles. The molecule has 4 heteroatoms. The molecular weight excluding hydrogens is 250 g/mol. The molecule has 0 unspecified atom stereocenters. The van der Waals surface area contributed by atoms with E-state index < -0.39 is 0 Å². The SMILES string of the molecule is Cc1c(Cl)cccc1-c1ccc(C[NH2+]CCO)o1. The maximum Gasteiger partial charge on any atom is 0.158 e. The fourth-order valence-corrected chi connectivity index (χ4v) is 2.02. The molecule has 0 aliphatic carbocycles. The molecule has 1 aromatic carbocycles. The highest BCUT2D eigenvalue weighted by Gasteiger charge is 2.09. The van der Waals surface area contributed by atoms with Gasteiger partial charge in [-0.3, -0.25) is 0 Å². The number of quaternary nitrogens is 1. The predicted octanol–water partition coefficient (Wildman–Crippen LogP) is 1.96. The van der Waals surface area contributed by atoms with E-state index in [9.17, 15) is 0 Å². The molecule has 1 heterocycles. The molecule has 2 aromatic rings. The first-order chi connectivity index (χ1) is 8.72. The van der Waals surface area contributed by atoms with Gasteiger partial charge in [0.1, 0.15) is 12.3 Å². The average molecular weight is 267 g/mol. The topological polar surface area (TPSA) is 50.0 Å². The lowest BCUT2D eigenvalue weighted by atomic mass is 10.1. The minimum absolute atomic E-state index is 0.182. The first-order valence-electron chi connectivity index (χ1n) is 5.99. The van der Waals surface area contributed by atoms with Gasteiger partial charge in [0.05, 0.1) is 13.2 Å². The lowest BCUT2D eigenvalue weighted by molar-refractivity contribution is -0.673. The van der Waals surface area contributed by atoms with Gasteiger partial charge in [-0.05, 0) is 30.7 Å². The third-order valence-electron chi connectivity index (χ3n) is 2.87. The van der Waals surface area contributed by atoms with Crippen molar-refractivity contribution in [2.24, 2.45) is 0 Å². The lowest BCUT2D eigenvalue weighted by Gasteiger charge is -2.04. The largest absolute Gasteiger partial charge is 0.455 e. The Kier molecular flexibility index (Phi) is 4.42. The van der Waals surface area contributed by atoms with Crippen LogP contribution in [0, 0.1) is 6.92 Å². The van der Waals surface area contributed by atoms with Crippen LogP contribution in [0.3, 0.4) is 0 Å². The molecular formula is C14H17ClNO2+. The molecule has 0 radical (unpaired) electrons. The van der Waals surface area contributed by atoms with Gasteiger partial charge in [0.25, 0.3) is 0 Å². The van der Waals surface area contributed by atoms with Gasteiger partial charge in [0, 0.05) is 10.6 Å². The minimum atomic E-state index is 0.182. The molecule has 0 aliphatic rings. The third-order valence-corrected chi connectivity index (χ3v) is 3.28. The molecule has 0 aliphatic heterocycles. The fourth-order valence-electron chi connectivity index (χ4n) is 1.84. The molecule has 0 fully saturated rings. The number of aliphatic hydroxyl groups excluding tert-OH is 1. The number of halogens is 1. The number of hydrogen-bond donors (Lipinski definition) is 2. The Bertz CT molecular complexity index is 522. The van der Waals surface area contributed by atoms with Crippen molar-refractivity contribution in [2.45, 2.75) is 13.5 Å². The first kappa shape index (κ1) is 13.1. The molecule has 2 rings (SSSR count). The van der Waals surface area contributed by atoms with Gasteiger partial charge in [-0.15, -0.1) is 0 Å². The Morgan fingerprint density at radius 1 is 1.28 bits per heavy atom. The van der Waals surface area contributed by atoms with Crippen molar-refractivity contribution in [1.29, 1.82) is 0 Å². The normalized spacial score (nSPS) is 10.8. The third kappa shape index (κ3) is 2.93. The lowest BCUT2D eigenvalue weighted by Crippen LogP contribution is -2.83. The summed E-state index contributed by atoms with van der Waals surface area (Å²) in [6.07, 6.45) is 0. The first-order valence-corrected chi connectivity index (χ1v) is 6.37. The zero-order valence-electron chi connectivity index (χ0n) is 10.3. The summed E-state index contributed by atoms with van der Waals surface area (Å²) in [5.74, 6) is 1.74. The van der Waals surface area contributed by atoms with Crippen LogP contribution >= 0.6 is 11.6 Å². The van der Waals surface area contributed by atoms with E-state index in [1.165, 1.54) is 0 Å². The van der Waals surface area contributed by atoms with Crippen LogP contribution in [0.5, 0.6) is 0 Å². The fraction of sp³-hybridized carbons (Fsp3) is 0.286. The van der Waals surface area contributed by atoms with E-state index >= 15 is 0 Å². The van der Waals surface area contributed by atoms with Crippen LogP contribution in [-0.4, -0.2) is 18.3 Å². The van der Waals surface area contributed by atoms with Crippen molar-refractivity contribution in [3.63, 3.8) is 0 Å². The molecule has 96 valence electrons. The summed E-state index contributed by atoms with van der Waals surface area (Å²) in [6.45, 7) is 3.59. The predicted molar refractivity (Wildman–Crippen MR) is 71.5 cm³/mol. The summed E-state index contributed by atoms with van der Waals surface area (Å²) in [5, 5.41) is 11.5. The molecule has 3 nitrogen and oxygen atoms in total. The Hall–Kier alpha value is -1.29. The zero-order valence-corrected chi connectivity index (χ0v) is 11.1. The van der Waals surface area contributed by atoms with Gasteiger partial charge < -0.3 is 14.8 Å². The highest BCUT2D eigenvalue weighted by molar-refractivity contribution is 6.31. The van der Waals surface area contributed by atoms with Crippen LogP contribution < -0.4 is 5.32 Å². The molecule has 0 saturated carbocycles. The quantitative estimate of drug-likeness (QED) is 0.813. The van der Waals surface area contributed by atoms with Crippen molar-refractivity contribution in [2.75, 3.05) is 13.2 Å². The van der Waals surface area contributed by atoms with Crippen LogP contribution in [0.4, 0.5) is 0 Å². The van der Waals surface area contributed by atoms with E-state index in [-0.39, 0.29) is 6.61 Å². The van der Waals surface area contributed by atoms with Crippen LogP contribution in [0.2, 0.25) is 5.02 Å². The van der Waals surface area contributed by atoms with Crippen molar-refractivity contribution in [3.8, 4) is 11.3 Å². The van der Waals surface area contributed by atoms with Gasteiger partial charge in [0.2, 0.25) is 0 Å². The summed E-state index contributed by atoms with van der Waals surface area (Å²) >= 11 is 6.10. The van der Waals surface area contributed by atoms with Crippen molar-refractivity contribution in [1.82, 2.24) is 0 Å². The molecule has 18 heavy (non-hydrogen) atoms. The summed E-state index contributed by atoms with van der Waals surface area (Å²) in [7, 11) is 0. The van der Waals surface area contributed by atoms with Crippen LogP contribution in [0.15, 0.2) is 34.7 Å². The maximum atomic E-state index is 8.72. The highest BCUT2D eigenvalue weighted by atomic mass is 35.5. The van der Waals surface area contributed by atoms with Crippen molar-refractivity contribution < 1.29 is 14.8 Å². The second-order valence-electron chi connectivity index (χ2n) is 4.18. The molecule has 3 N–H and O–H groups in total. The standard InChI is InChI=1S/C14H16ClNO2/c1-10-12(3-2-4-13(10)15)14-6-5-11(18-14)9-16-7-8-17/h2-6,16-17H,7-9H2,1H3/p+1. The highest BCUT2D eigenvalue weighted by Crippen LogP contribution is 2.29. The number of furan rings is 1. The zero-order chi connectivity index (χ0) is 13.0. The van der Waals surface area contributed by atoms with Crippen LogP contribution in [0.25, 0.3) is 11.3 Å². The number of aliphatic hydroxyl groups is 1. The monoisotopic (exact) mass is 266 g/mol. The van der Waals surface area contributed by atoms with Gasteiger partial charge in [-0.25, -0.2) is 0 Å². The number of rotatable bonds is 5. The summed E-state index contributed by atoms with van der Waals surface area (Å²) in [6, 6.07) is 9.72. The maximum absolute atomic E-state index is 8.72. The van der Waals surface area contributed by atoms with Gasteiger partial charge >= 0.3 is 0 Å². The van der Waals surface area contributed by atoms with E-state index in [1.807, 2.05) is 42.6 Å². The Morgan fingerprint density at radius 2 is 2.11 bits per heavy atom. The Balaban J connectivity index is 2.16. The van der Waals surface area contributed by atoms with E-state index in [2.05, 4.69) is 0 Å². The van der Waals surface area contributed by atoms with Crippen molar-refractivity contribution >= 4 is 11.6 Å². The van der Waals surface area contributed by atoms with E-state index in [1.54, 1.807) is 0 Å². The molecule has 0 amide bonds. The number of benzene rings is 1. The van der Waals surface area contributed by atoms with E-state index in [0.29, 0.717) is 6.54 Å². The smallest absolute Gasteiger partial charge is 0.158 e. The summed E-state index contributed by atoms with van der Waals surface area (Å²) in [4.78, 5) is 0.